The van der Waals surface area contributed by atoms with Crippen LogP contribution in [0.2, 0.25) is 0 Å². The summed E-state index contributed by atoms with van der Waals surface area (Å²) in [5, 5.41) is 13.4. The lowest BCUT2D eigenvalue weighted by Gasteiger charge is -2.19. The van der Waals surface area contributed by atoms with Crippen molar-refractivity contribution in [2.75, 3.05) is 13.1 Å². The van der Waals surface area contributed by atoms with Crippen LogP contribution in [0.25, 0.3) is 21.9 Å². The van der Waals surface area contributed by atoms with E-state index in [4.69, 9.17) is 5.26 Å². The first-order chi connectivity index (χ1) is 14.9. The van der Waals surface area contributed by atoms with E-state index >= 15 is 0 Å². The minimum Gasteiger partial charge on any atom is -0.343 e. The van der Waals surface area contributed by atoms with Crippen molar-refractivity contribution in [2.45, 2.75) is 18.4 Å². The number of halogens is 2. The summed E-state index contributed by atoms with van der Waals surface area (Å²) >= 11 is 0. The number of rotatable bonds is 4. The van der Waals surface area contributed by atoms with Crippen LogP contribution in [0.4, 0.5) is 8.78 Å². The number of fused-ring (bicyclic) bond motifs is 1. The highest BCUT2D eigenvalue weighted by Gasteiger charge is 2.47. The number of aromatic nitrogens is 2. The molecule has 1 fully saturated rings. The van der Waals surface area contributed by atoms with Gasteiger partial charge in [-0.1, -0.05) is 12.1 Å². The van der Waals surface area contributed by atoms with Gasteiger partial charge in [-0.25, -0.2) is 8.78 Å². The first-order valence-corrected chi connectivity index (χ1v) is 9.51. The molecular weight excluding hydrogens is 404 g/mol. The van der Waals surface area contributed by atoms with Gasteiger partial charge >= 0.3 is 0 Å². The smallest absolute Gasteiger partial charge is 0.268 e. The maximum atomic E-state index is 13.6. The molecule has 1 N–H and O–H groups in total. The predicted molar refractivity (Wildman–Crippen MR) is 108 cm³/mol. The Balaban J connectivity index is 1.52. The topological polar surface area (TPSA) is 99.0 Å². The van der Waals surface area contributed by atoms with Crippen molar-refractivity contribution in [3.8, 4) is 17.2 Å². The number of hydrogen-bond acceptors (Lipinski definition) is 5. The summed E-state index contributed by atoms with van der Waals surface area (Å²) in [6, 6.07) is 9.51. The third-order valence-electron chi connectivity index (χ3n) is 5.16. The Kier molecular flexibility index (Phi) is 5.29. The number of nitrogens with zero attached hydrogens (tertiary/aromatic N) is 4. The first kappa shape index (κ1) is 20.3. The van der Waals surface area contributed by atoms with E-state index in [2.05, 4.69) is 15.3 Å². The molecule has 7 nitrogen and oxygen atoms in total. The van der Waals surface area contributed by atoms with E-state index < -0.39 is 43.3 Å². The zero-order valence-corrected chi connectivity index (χ0v) is 16.3. The molecule has 2 amide bonds. The Bertz CT molecular complexity index is 1210. The van der Waals surface area contributed by atoms with Crippen molar-refractivity contribution in [3.05, 3.63) is 60.7 Å². The van der Waals surface area contributed by atoms with Crippen LogP contribution in [0.15, 0.2) is 55.1 Å². The number of likely N-dealkylation sites (tertiary alicyclic amines) is 1. The quantitative estimate of drug-likeness (QED) is 0.699. The minimum atomic E-state index is -3.11. The fraction of sp³-hybridized carbons (Fsp3) is 0.227. The van der Waals surface area contributed by atoms with Crippen molar-refractivity contribution in [1.29, 1.82) is 5.26 Å². The van der Waals surface area contributed by atoms with Gasteiger partial charge in [0.25, 0.3) is 11.8 Å². The molecule has 1 aliphatic rings. The molecule has 4 rings (SSSR count). The molecular formula is C22H17F2N5O2. The van der Waals surface area contributed by atoms with Crippen molar-refractivity contribution in [3.63, 3.8) is 0 Å². The summed E-state index contributed by atoms with van der Waals surface area (Å²) in [6.45, 7) is -1.31. The second-order valence-corrected chi connectivity index (χ2v) is 7.27. The molecule has 1 aromatic carbocycles. The van der Waals surface area contributed by atoms with Crippen molar-refractivity contribution < 1.29 is 18.4 Å². The second kappa shape index (κ2) is 8.07. The van der Waals surface area contributed by atoms with Crippen LogP contribution in [0.5, 0.6) is 0 Å². The SMILES string of the molecule is N#CC1CC(F)(F)CN1C(=O)CNC(=O)c1ccncc1-c1ccc2cnccc2c1. The van der Waals surface area contributed by atoms with Gasteiger partial charge in [-0.15, -0.1) is 0 Å². The Morgan fingerprint density at radius 3 is 2.74 bits per heavy atom. The second-order valence-electron chi connectivity index (χ2n) is 7.27. The Labute approximate surface area is 176 Å². The van der Waals surface area contributed by atoms with E-state index in [-0.39, 0.29) is 0 Å². The van der Waals surface area contributed by atoms with Gasteiger partial charge < -0.3 is 10.2 Å². The number of hydrogen-bond donors (Lipinski definition) is 1. The number of amides is 2. The molecule has 1 unspecified atom stereocenters. The van der Waals surface area contributed by atoms with E-state index in [9.17, 15) is 18.4 Å². The fourth-order valence-corrected chi connectivity index (χ4v) is 3.62. The maximum absolute atomic E-state index is 13.6. The average molecular weight is 421 g/mol. The van der Waals surface area contributed by atoms with Crippen LogP contribution in [-0.4, -0.2) is 51.7 Å². The maximum Gasteiger partial charge on any atom is 0.268 e. The number of benzene rings is 1. The van der Waals surface area contributed by atoms with Gasteiger partial charge in [0, 0.05) is 42.2 Å². The summed E-state index contributed by atoms with van der Waals surface area (Å²) in [5.74, 6) is -4.38. The van der Waals surface area contributed by atoms with Crippen molar-refractivity contribution >= 4 is 22.6 Å². The highest BCUT2D eigenvalue weighted by molar-refractivity contribution is 6.02. The van der Waals surface area contributed by atoms with Crippen LogP contribution < -0.4 is 5.32 Å². The van der Waals surface area contributed by atoms with Gasteiger partial charge in [-0.3, -0.25) is 19.6 Å². The van der Waals surface area contributed by atoms with Gasteiger partial charge in [-0.2, -0.15) is 5.26 Å². The number of pyridine rings is 2. The zero-order valence-electron chi connectivity index (χ0n) is 16.3. The molecule has 156 valence electrons. The normalized spacial score (nSPS) is 17.3. The lowest BCUT2D eigenvalue weighted by molar-refractivity contribution is -0.131. The molecule has 1 aliphatic heterocycles. The number of carbonyl (C=O) groups excluding carboxylic acids is 2. The summed E-state index contributed by atoms with van der Waals surface area (Å²) in [6.07, 6.45) is 5.71. The van der Waals surface area contributed by atoms with Crippen LogP contribution in [0.1, 0.15) is 16.8 Å². The summed E-state index contributed by atoms with van der Waals surface area (Å²) < 4.78 is 27.1. The molecule has 3 heterocycles. The molecule has 1 atom stereocenters. The molecule has 0 spiro atoms. The fourth-order valence-electron chi connectivity index (χ4n) is 3.62. The zero-order chi connectivity index (χ0) is 22.0. The summed E-state index contributed by atoms with van der Waals surface area (Å²) in [4.78, 5) is 34.1. The molecule has 0 aliphatic carbocycles. The molecule has 3 aromatic rings. The molecule has 0 saturated carbocycles. The van der Waals surface area contributed by atoms with Gasteiger partial charge in [0.15, 0.2) is 0 Å². The highest BCUT2D eigenvalue weighted by atomic mass is 19.3. The van der Waals surface area contributed by atoms with E-state index in [1.165, 1.54) is 12.3 Å². The molecule has 1 saturated heterocycles. The van der Waals surface area contributed by atoms with Crippen molar-refractivity contribution in [1.82, 2.24) is 20.2 Å². The Morgan fingerprint density at radius 2 is 1.94 bits per heavy atom. The van der Waals surface area contributed by atoms with Gasteiger partial charge in [0.05, 0.1) is 24.7 Å². The van der Waals surface area contributed by atoms with E-state index in [1.54, 1.807) is 24.7 Å². The third kappa shape index (κ3) is 4.19. The van der Waals surface area contributed by atoms with Gasteiger partial charge in [0.1, 0.15) is 6.04 Å². The predicted octanol–water partition coefficient (Wildman–Crippen LogP) is 2.79. The van der Waals surface area contributed by atoms with E-state index in [0.717, 1.165) is 21.2 Å². The molecule has 9 heteroatoms. The Morgan fingerprint density at radius 1 is 1.16 bits per heavy atom. The summed E-state index contributed by atoms with van der Waals surface area (Å²) in [7, 11) is 0. The molecule has 0 bridgehead atoms. The minimum absolute atomic E-state index is 0.291. The molecule has 0 radical (unpaired) electrons. The summed E-state index contributed by atoms with van der Waals surface area (Å²) in [5.41, 5.74) is 1.61. The van der Waals surface area contributed by atoms with Crippen LogP contribution >= 0.6 is 0 Å². The average Bonchev–Trinajstić information content (AvgIpc) is 3.11. The van der Waals surface area contributed by atoms with Gasteiger partial charge in [-0.05, 0) is 29.1 Å². The molecule has 31 heavy (non-hydrogen) atoms. The van der Waals surface area contributed by atoms with Crippen LogP contribution in [-0.2, 0) is 4.79 Å². The lowest BCUT2D eigenvalue weighted by Crippen LogP contribution is -2.43. The largest absolute Gasteiger partial charge is 0.343 e. The van der Waals surface area contributed by atoms with Gasteiger partial charge in [0.2, 0.25) is 5.91 Å². The highest BCUT2D eigenvalue weighted by Crippen LogP contribution is 2.31. The lowest BCUT2D eigenvalue weighted by atomic mass is 9.99. The number of carbonyl (C=O) groups is 2. The monoisotopic (exact) mass is 421 g/mol. The number of nitrogens with one attached hydrogen (secondary N) is 1. The number of alkyl halides is 2. The van der Waals surface area contributed by atoms with Crippen LogP contribution in [0, 0.1) is 11.3 Å². The van der Waals surface area contributed by atoms with E-state index in [1.807, 2.05) is 24.3 Å². The molecule has 2 aromatic heterocycles. The van der Waals surface area contributed by atoms with E-state index in [0.29, 0.717) is 11.1 Å². The number of nitriles is 1. The first-order valence-electron chi connectivity index (χ1n) is 9.51. The standard InChI is InChI=1S/C22H17F2N5O2/c23-22(24)8-17(9-25)29(13-22)20(30)12-28-21(31)18-4-6-27-11-19(18)15-1-2-16-10-26-5-3-14(16)7-15/h1-7,10-11,17H,8,12-13H2,(H,28,31). The third-order valence-corrected chi connectivity index (χ3v) is 5.16. The van der Waals surface area contributed by atoms with Crippen molar-refractivity contribution in [2.24, 2.45) is 0 Å². The Hall–Kier alpha value is -3.93. The van der Waals surface area contributed by atoms with Crippen LogP contribution in [0.3, 0.4) is 0 Å².